The summed E-state index contributed by atoms with van der Waals surface area (Å²) < 4.78 is 0. The van der Waals surface area contributed by atoms with Gasteiger partial charge in [0.15, 0.2) is 5.96 Å². The standard InChI is InChI=1S/C19H29N7O.HI/c1-13-5-6-14-15(11-13)24-16(23-14)12-22-18(21-4)25-7-9-26(10-8-25)19(2,3)17(20)27;/h5-6,11H,7-10,12H2,1-4H3,(H2,20,27)(H,21,22)(H,23,24);1H. The SMILES string of the molecule is CN=C(NCc1nc2ccc(C)cc2[nH]1)N1CCN(C(C)(C)C(N)=O)CC1.I. The number of amides is 1. The van der Waals surface area contributed by atoms with E-state index >= 15 is 0 Å². The summed E-state index contributed by atoms with van der Waals surface area (Å²) in [7, 11) is 1.78. The van der Waals surface area contributed by atoms with E-state index in [1.54, 1.807) is 7.05 Å². The van der Waals surface area contributed by atoms with E-state index in [-0.39, 0.29) is 29.9 Å². The molecule has 1 aliphatic heterocycles. The van der Waals surface area contributed by atoms with Crippen LogP contribution in [0.5, 0.6) is 0 Å². The number of halogens is 1. The number of aromatic nitrogens is 2. The molecule has 0 saturated carbocycles. The molecule has 1 aliphatic rings. The Morgan fingerprint density at radius 2 is 2.00 bits per heavy atom. The van der Waals surface area contributed by atoms with Crippen molar-refractivity contribution >= 4 is 46.9 Å². The van der Waals surface area contributed by atoms with Crippen LogP contribution in [0.2, 0.25) is 0 Å². The Hall–Kier alpha value is -1.88. The Kier molecular flexibility index (Phi) is 7.27. The van der Waals surface area contributed by atoms with Gasteiger partial charge in [-0.25, -0.2) is 4.98 Å². The molecular weight excluding hydrogens is 469 g/mol. The number of carbonyl (C=O) groups excluding carboxylic acids is 1. The molecule has 1 saturated heterocycles. The van der Waals surface area contributed by atoms with E-state index in [0.29, 0.717) is 6.54 Å². The number of primary amides is 1. The summed E-state index contributed by atoms with van der Waals surface area (Å²) in [6.45, 7) is 9.50. The highest BCUT2D eigenvalue weighted by Crippen LogP contribution is 2.17. The minimum atomic E-state index is -0.630. The van der Waals surface area contributed by atoms with Crippen LogP contribution in [0.1, 0.15) is 25.2 Å². The monoisotopic (exact) mass is 499 g/mol. The van der Waals surface area contributed by atoms with Gasteiger partial charge < -0.3 is 20.9 Å². The Bertz CT molecular complexity index is 853. The molecule has 0 spiro atoms. The number of aromatic amines is 1. The maximum atomic E-state index is 11.7. The van der Waals surface area contributed by atoms with E-state index in [2.05, 4.69) is 49.1 Å². The highest BCUT2D eigenvalue weighted by atomic mass is 127. The number of aryl methyl sites for hydroxylation is 1. The zero-order chi connectivity index (χ0) is 19.6. The Morgan fingerprint density at radius 1 is 1.32 bits per heavy atom. The Balaban J connectivity index is 0.00000280. The minimum absolute atomic E-state index is 0. The predicted octanol–water partition coefficient (Wildman–Crippen LogP) is 1.45. The third-order valence-corrected chi connectivity index (χ3v) is 5.28. The molecule has 1 fully saturated rings. The molecule has 0 radical (unpaired) electrons. The Morgan fingerprint density at radius 3 is 2.61 bits per heavy atom. The molecule has 0 aliphatic carbocycles. The number of imidazole rings is 1. The maximum absolute atomic E-state index is 11.7. The van der Waals surface area contributed by atoms with Crippen molar-refractivity contribution in [3.63, 3.8) is 0 Å². The fourth-order valence-electron chi connectivity index (χ4n) is 3.39. The highest BCUT2D eigenvalue weighted by Gasteiger charge is 2.35. The van der Waals surface area contributed by atoms with Crippen LogP contribution in [-0.2, 0) is 11.3 Å². The van der Waals surface area contributed by atoms with Crippen LogP contribution in [0.25, 0.3) is 11.0 Å². The van der Waals surface area contributed by atoms with Gasteiger partial charge in [0, 0.05) is 33.2 Å². The van der Waals surface area contributed by atoms with Gasteiger partial charge >= 0.3 is 0 Å². The van der Waals surface area contributed by atoms with Crippen molar-refractivity contribution in [3.05, 3.63) is 29.6 Å². The lowest BCUT2D eigenvalue weighted by Crippen LogP contribution is -2.61. The molecule has 154 valence electrons. The van der Waals surface area contributed by atoms with Gasteiger partial charge in [-0.15, -0.1) is 24.0 Å². The summed E-state index contributed by atoms with van der Waals surface area (Å²) in [5.41, 5.74) is 8.12. The molecule has 4 N–H and O–H groups in total. The van der Waals surface area contributed by atoms with Crippen LogP contribution < -0.4 is 11.1 Å². The molecule has 2 heterocycles. The van der Waals surface area contributed by atoms with E-state index in [1.807, 2.05) is 19.9 Å². The first-order chi connectivity index (χ1) is 12.8. The van der Waals surface area contributed by atoms with E-state index in [9.17, 15) is 4.79 Å². The molecule has 3 rings (SSSR count). The number of rotatable bonds is 4. The topological polar surface area (TPSA) is 103 Å². The van der Waals surface area contributed by atoms with Gasteiger partial charge in [0.05, 0.1) is 23.1 Å². The van der Waals surface area contributed by atoms with E-state index in [4.69, 9.17) is 5.73 Å². The fraction of sp³-hybridized carbons (Fsp3) is 0.526. The van der Waals surface area contributed by atoms with Crippen LogP contribution >= 0.6 is 24.0 Å². The lowest BCUT2D eigenvalue weighted by Gasteiger charge is -2.43. The molecule has 2 aromatic rings. The van der Waals surface area contributed by atoms with Crippen LogP contribution in [0.15, 0.2) is 23.2 Å². The second-order valence-corrected chi connectivity index (χ2v) is 7.50. The molecule has 1 aromatic carbocycles. The van der Waals surface area contributed by atoms with Crippen molar-refractivity contribution in [1.82, 2.24) is 25.1 Å². The summed E-state index contributed by atoms with van der Waals surface area (Å²) in [4.78, 5) is 28.4. The first-order valence-corrected chi connectivity index (χ1v) is 9.27. The van der Waals surface area contributed by atoms with Crippen molar-refractivity contribution < 1.29 is 4.79 Å². The number of piperazine rings is 1. The summed E-state index contributed by atoms with van der Waals surface area (Å²) in [6.07, 6.45) is 0. The summed E-state index contributed by atoms with van der Waals surface area (Å²) in [5.74, 6) is 1.42. The number of nitrogens with two attached hydrogens (primary N) is 1. The first kappa shape index (κ1) is 22.4. The number of hydrogen-bond acceptors (Lipinski definition) is 4. The smallest absolute Gasteiger partial charge is 0.237 e. The third-order valence-electron chi connectivity index (χ3n) is 5.28. The van der Waals surface area contributed by atoms with Crippen molar-refractivity contribution in [2.75, 3.05) is 33.2 Å². The van der Waals surface area contributed by atoms with Crippen molar-refractivity contribution in [2.24, 2.45) is 10.7 Å². The number of hydrogen-bond donors (Lipinski definition) is 3. The number of benzene rings is 1. The number of nitrogens with one attached hydrogen (secondary N) is 2. The predicted molar refractivity (Wildman–Crippen MR) is 123 cm³/mol. The van der Waals surface area contributed by atoms with Crippen LogP contribution in [0.3, 0.4) is 0 Å². The molecular formula is C19H30IN7O. The molecule has 0 bridgehead atoms. The molecule has 0 unspecified atom stereocenters. The summed E-state index contributed by atoms with van der Waals surface area (Å²) >= 11 is 0. The van der Waals surface area contributed by atoms with Crippen LogP contribution in [0, 0.1) is 6.92 Å². The zero-order valence-corrected chi connectivity index (χ0v) is 19.3. The van der Waals surface area contributed by atoms with Crippen molar-refractivity contribution in [2.45, 2.75) is 32.9 Å². The van der Waals surface area contributed by atoms with Gasteiger partial charge in [0.2, 0.25) is 5.91 Å². The van der Waals surface area contributed by atoms with Gasteiger partial charge in [-0.3, -0.25) is 14.7 Å². The normalized spacial score (nSPS) is 16.1. The molecule has 9 heteroatoms. The van der Waals surface area contributed by atoms with Crippen LogP contribution in [0.4, 0.5) is 0 Å². The fourth-order valence-corrected chi connectivity index (χ4v) is 3.39. The van der Waals surface area contributed by atoms with E-state index in [0.717, 1.165) is 49.0 Å². The first-order valence-electron chi connectivity index (χ1n) is 9.27. The minimum Gasteiger partial charge on any atom is -0.368 e. The quantitative estimate of drug-likeness (QED) is 0.336. The lowest BCUT2D eigenvalue weighted by molar-refractivity contribution is -0.129. The maximum Gasteiger partial charge on any atom is 0.237 e. The van der Waals surface area contributed by atoms with E-state index < -0.39 is 5.54 Å². The summed E-state index contributed by atoms with van der Waals surface area (Å²) in [6, 6.07) is 6.19. The second-order valence-electron chi connectivity index (χ2n) is 7.50. The third kappa shape index (κ3) is 4.75. The van der Waals surface area contributed by atoms with Gasteiger partial charge in [0.25, 0.3) is 0 Å². The largest absolute Gasteiger partial charge is 0.368 e. The van der Waals surface area contributed by atoms with Gasteiger partial charge in [-0.2, -0.15) is 0 Å². The number of nitrogens with zero attached hydrogens (tertiary/aromatic N) is 4. The van der Waals surface area contributed by atoms with Gasteiger partial charge in [0.1, 0.15) is 5.82 Å². The average Bonchev–Trinajstić information content (AvgIpc) is 3.04. The van der Waals surface area contributed by atoms with Crippen molar-refractivity contribution in [1.29, 1.82) is 0 Å². The van der Waals surface area contributed by atoms with Gasteiger partial charge in [-0.1, -0.05) is 6.07 Å². The van der Waals surface area contributed by atoms with Crippen molar-refractivity contribution in [3.8, 4) is 0 Å². The second kappa shape index (κ2) is 9.08. The van der Waals surface area contributed by atoms with Gasteiger partial charge in [-0.05, 0) is 38.5 Å². The number of H-pyrrole nitrogens is 1. The molecule has 8 nitrogen and oxygen atoms in total. The molecule has 0 atom stereocenters. The number of carbonyl (C=O) groups is 1. The molecule has 28 heavy (non-hydrogen) atoms. The molecule has 1 amide bonds. The van der Waals surface area contributed by atoms with E-state index in [1.165, 1.54) is 5.56 Å². The number of aliphatic imine (C=N–C) groups is 1. The summed E-state index contributed by atoms with van der Waals surface area (Å²) in [5, 5.41) is 3.38. The average molecular weight is 499 g/mol. The molecule has 1 aromatic heterocycles. The zero-order valence-electron chi connectivity index (χ0n) is 17.0. The highest BCUT2D eigenvalue weighted by molar-refractivity contribution is 14.0. The number of guanidine groups is 1. The number of fused-ring (bicyclic) bond motifs is 1. The Labute approximate surface area is 183 Å². The van der Waals surface area contributed by atoms with Crippen LogP contribution in [-0.4, -0.2) is 70.4 Å². The lowest BCUT2D eigenvalue weighted by atomic mass is 10.0.